The van der Waals surface area contributed by atoms with Gasteiger partial charge in [0.1, 0.15) is 6.54 Å². The van der Waals surface area contributed by atoms with Crippen molar-refractivity contribution in [1.29, 1.82) is 0 Å². The SMILES string of the molecule is Cc1c(Cl)cccc1NC(=O)Cn1cc(C(C)N)nn1. The molecule has 1 aromatic carbocycles. The molecule has 0 aliphatic carbocycles. The van der Waals surface area contributed by atoms with Crippen molar-refractivity contribution in [3.63, 3.8) is 0 Å². The monoisotopic (exact) mass is 293 g/mol. The van der Waals surface area contributed by atoms with Gasteiger partial charge in [-0.05, 0) is 31.5 Å². The van der Waals surface area contributed by atoms with E-state index in [0.29, 0.717) is 16.4 Å². The Balaban J connectivity index is 2.03. The summed E-state index contributed by atoms with van der Waals surface area (Å²) in [7, 11) is 0. The Hall–Kier alpha value is -1.92. The first-order valence-electron chi connectivity index (χ1n) is 6.18. The Morgan fingerprint density at radius 1 is 1.55 bits per heavy atom. The van der Waals surface area contributed by atoms with Crippen LogP contribution < -0.4 is 11.1 Å². The lowest BCUT2D eigenvalue weighted by Gasteiger charge is -2.09. The molecule has 0 spiro atoms. The number of nitrogens with zero attached hydrogens (tertiary/aromatic N) is 3. The molecular formula is C13H16ClN5O. The number of carbonyl (C=O) groups is 1. The molecule has 2 rings (SSSR count). The summed E-state index contributed by atoms with van der Waals surface area (Å²) in [6.07, 6.45) is 1.66. The van der Waals surface area contributed by atoms with Crippen molar-refractivity contribution in [2.45, 2.75) is 26.4 Å². The van der Waals surface area contributed by atoms with E-state index in [1.165, 1.54) is 4.68 Å². The van der Waals surface area contributed by atoms with Crippen LogP contribution in [-0.2, 0) is 11.3 Å². The van der Waals surface area contributed by atoms with Gasteiger partial charge in [-0.1, -0.05) is 22.9 Å². The van der Waals surface area contributed by atoms with Crippen LogP contribution in [0.15, 0.2) is 24.4 Å². The Morgan fingerprint density at radius 3 is 2.95 bits per heavy atom. The molecule has 0 bridgehead atoms. The lowest BCUT2D eigenvalue weighted by Crippen LogP contribution is -2.19. The highest BCUT2D eigenvalue weighted by atomic mass is 35.5. The van der Waals surface area contributed by atoms with Crippen molar-refractivity contribution < 1.29 is 4.79 Å². The number of hydrogen-bond donors (Lipinski definition) is 2. The number of rotatable bonds is 4. The summed E-state index contributed by atoms with van der Waals surface area (Å²) >= 11 is 6.00. The van der Waals surface area contributed by atoms with Crippen LogP contribution in [0.5, 0.6) is 0 Å². The van der Waals surface area contributed by atoms with E-state index in [4.69, 9.17) is 17.3 Å². The summed E-state index contributed by atoms with van der Waals surface area (Å²) in [5.74, 6) is -0.198. The highest BCUT2D eigenvalue weighted by Gasteiger charge is 2.10. The lowest BCUT2D eigenvalue weighted by molar-refractivity contribution is -0.116. The summed E-state index contributed by atoms with van der Waals surface area (Å²) in [6, 6.07) is 5.16. The van der Waals surface area contributed by atoms with Gasteiger partial charge in [0, 0.05) is 16.8 Å². The molecule has 1 heterocycles. The Morgan fingerprint density at radius 2 is 2.30 bits per heavy atom. The van der Waals surface area contributed by atoms with E-state index in [0.717, 1.165) is 5.56 Å². The molecule has 1 atom stereocenters. The minimum atomic E-state index is -0.206. The number of halogens is 1. The number of nitrogens with one attached hydrogen (secondary N) is 1. The predicted octanol–water partition coefficient (Wildman–Crippen LogP) is 1.90. The van der Waals surface area contributed by atoms with Gasteiger partial charge in [0.15, 0.2) is 0 Å². The fourth-order valence-corrected chi connectivity index (χ4v) is 1.85. The number of carbonyl (C=O) groups excluding carboxylic acids is 1. The molecule has 0 radical (unpaired) electrons. The maximum Gasteiger partial charge on any atom is 0.246 e. The van der Waals surface area contributed by atoms with E-state index in [2.05, 4.69) is 15.6 Å². The molecule has 1 aromatic heterocycles. The lowest BCUT2D eigenvalue weighted by atomic mass is 10.2. The zero-order valence-electron chi connectivity index (χ0n) is 11.3. The van der Waals surface area contributed by atoms with Crippen molar-refractivity contribution in [1.82, 2.24) is 15.0 Å². The average molecular weight is 294 g/mol. The Labute approximate surface area is 121 Å². The van der Waals surface area contributed by atoms with Crippen LogP contribution in [0.2, 0.25) is 5.02 Å². The Kier molecular flexibility index (Phi) is 4.36. The van der Waals surface area contributed by atoms with Crippen molar-refractivity contribution in [2.75, 3.05) is 5.32 Å². The molecule has 0 aliphatic heterocycles. The fourth-order valence-electron chi connectivity index (χ4n) is 1.68. The first-order valence-corrected chi connectivity index (χ1v) is 6.55. The number of hydrogen-bond acceptors (Lipinski definition) is 4. The highest BCUT2D eigenvalue weighted by Crippen LogP contribution is 2.22. The number of amides is 1. The largest absolute Gasteiger partial charge is 0.324 e. The van der Waals surface area contributed by atoms with Gasteiger partial charge >= 0.3 is 0 Å². The third kappa shape index (κ3) is 3.34. The van der Waals surface area contributed by atoms with Crippen LogP contribution in [0.3, 0.4) is 0 Å². The summed E-state index contributed by atoms with van der Waals surface area (Å²) < 4.78 is 1.45. The molecule has 1 unspecified atom stereocenters. The van der Waals surface area contributed by atoms with Gasteiger partial charge in [0.2, 0.25) is 5.91 Å². The predicted molar refractivity (Wildman–Crippen MR) is 77.4 cm³/mol. The van der Waals surface area contributed by atoms with Gasteiger partial charge < -0.3 is 11.1 Å². The molecule has 6 nitrogen and oxygen atoms in total. The van der Waals surface area contributed by atoms with Crippen LogP contribution >= 0.6 is 11.6 Å². The van der Waals surface area contributed by atoms with Crippen LogP contribution in [0, 0.1) is 6.92 Å². The molecule has 0 saturated carbocycles. The number of anilines is 1. The molecule has 0 fully saturated rings. The van der Waals surface area contributed by atoms with Gasteiger partial charge in [-0.25, -0.2) is 4.68 Å². The van der Waals surface area contributed by atoms with E-state index in [1.54, 1.807) is 24.4 Å². The zero-order valence-corrected chi connectivity index (χ0v) is 12.1. The van der Waals surface area contributed by atoms with Gasteiger partial charge in [0.25, 0.3) is 0 Å². The third-order valence-corrected chi connectivity index (χ3v) is 3.28. The Bertz CT molecular complexity index is 623. The number of benzene rings is 1. The van der Waals surface area contributed by atoms with Gasteiger partial charge in [-0.3, -0.25) is 4.79 Å². The molecule has 106 valence electrons. The molecule has 3 N–H and O–H groups in total. The highest BCUT2D eigenvalue weighted by molar-refractivity contribution is 6.31. The number of aromatic nitrogens is 3. The molecule has 2 aromatic rings. The van der Waals surface area contributed by atoms with E-state index in [-0.39, 0.29) is 18.5 Å². The first-order chi connectivity index (χ1) is 9.47. The zero-order chi connectivity index (χ0) is 14.7. The summed E-state index contributed by atoms with van der Waals surface area (Å²) in [4.78, 5) is 12.0. The van der Waals surface area contributed by atoms with Gasteiger partial charge in [-0.2, -0.15) is 0 Å². The second kappa shape index (κ2) is 6.02. The minimum Gasteiger partial charge on any atom is -0.324 e. The maximum absolute atomic E-state index is 12.0. The van der Waals surface area contributed by atoms with E-state index in [1.807, 2.05) is 13.8 Å². The minimum absolute atomic E-state index is 0.0751. The number of nitrogens with two attached hydrogens (primary N) is 1. The van der Waals surface area contributed by atoms with Crippen LogP contribution in [-0.4, -0.2) is 20.9 Å². The van der Waals surface area contributed by atoms with Gasteiger partial charge in [0.05, 0.1) is 11.9 Å². The first kappa shape index (κ1) is 14.5. The molecule has 0 aliphatic rings. The maximum atomic E-state index is 12.0. The topological polar surface area (TPSA) is 85.8 Å². The van der Waals surface area contributed by atoms with Crippen molar-refractivity contribution in [3.05, 3.63) is 40.7 Å². The summed E-state index contributed by atoms with van der Waals surface area (Å²) in [5.41, 5.74) is 7.86. The normalized spacial score (nSPS) is 12.2. The third-order valence-electron chi connectivity index (χ3n) is 2.87. The quantitative estimate of drug-likeness (QED) is 0.901. The molecule has 0 saturated heterocycles. The van der Waals surface area contributed by atoms with Crippen LogP contribution in [0.1, 0.15) is 24.2 Å². The second-order valence-corrected chi connectivity index (χ2v) is 5.00. The smallest absolute Gasteiger partial charge is 0.246 e. The summed E-state index contributed by atoms with van der Waals surface area (Å²) in [6.45, 7) is 3.73. The van der Waals surface area contributed by atoms with Crippen molar-refractivity contribution >= 4 is 23.2 Å². The van der Waals surface area contributed by atoms with Crippen molar-refractivity contribution in [2.24, 2.45) is 5.73 Å². The molecular weight excluding hydrogens is 278 g/mol. The van der Waals surface area contributed by atoms with Gasteiger partial charge in [-0.15, -0.1) is 5.10 Å². The molecule has 20 heavy (non-hydrogen) atoms. The van der Waals surface area contributed by atoms with E-state index >= 15 is 0 Å². The van der Waals surface area contributed by atoms with E-state index < -0.39 is 0 Å². The molecule has 1 amide bonds. The fraction of sp³-hybridized carbons (Fsp3) is 0.308. The van der Waals surface area contributed by atoms with Crippen molar-refractivity contribution in [3.8, 4) is 0 Å². The molecule has 7 heteroatoms. The standard InChI is InChI=1S/C13H16ClN5O/c1-8-10(14)4-3-5-11(8)16-13(20)7-19-6-12(9(2)15)17-18-19/h3-6,9H,7,15H2,1-2H3,(H,16,20). The summed E-state index contributed by atoms with van der Waals surface area (Å²) in [5, 5.41) is 11.2. The van der Waals surface area contributed by atoms with Crippen LogP contribution in [0.4, 0.5) is 5.69 Å². The van der Waals surface area contributed by atoms with Crippen LogP contribution in [0.25, 0.3) is 0 Å². The second-order valence-electron chi connectivity index (χ2n) is 4.59. The van der Waals surface area contributed by atoms with E-state index in [9.17, 15) is 4.79 Å². The average Bonchev–Trinajstić information content (AvgIpc) is 2.83.